The van der Waals surface area contributed by atoms with Gasteiger partial charge in [-0.2, -0.15) is 0 Å². The highest BCUT2D eigenvalue weighted by Gasteiger charge is 2.27. The highest BCUT2D eigenvalue weighted by molar-refractivity contribution is 14.0. The Bertz CT molecular complexity index is 473. The Kier molecular flexibility index (Phi) is 10.7. The summed E-state index contributed by atoms with van der Waals surface area (Å²) >= 11 is 0. The van der Waals surface area contributed by atoms with Crippen LogP contribution in [0.5, 0.6) is 0 Å². The third-order valence-electron chi connectivity index (χ3n) is 4.83. The molecule has 1 atom stereocenters. The highest BCUT2D eigenvalue weighted by atomic mass is 127. The van der Waals surface area contributed by atoms with E-state index in [4.69, 9.17) is 4.74 Å². The molecule has 8 heteroatoms. The number of nitrogens with one attached hydrogen (secondary N) is 2. The van der Waals surface area contributed by atoms with E-state index in [0.717, 1.165) is 38.6 Å². The summed E-state index contributed by atoms with van der Waals surface area (Å²) < 4.78 is 5.34. The van der Waals surface area contributed by atoms with E-state index >= 15 is 0 Å². The van der Waals surface area contributed by atoms with Gasteiger partial charge in [0.25, 0.3) is 0 Å². The summed E-state index contributed by atoms with van der Waals surface area (Å²) in [5, 5.41) is 6.45. The SMILES string of the molecule is CN=C(NCCN1CCCCCC1)N1CCC(NC(=O)OC(C)(C)C)C1.I. The van der Waals surface area contributed by atoms with Crippen LogP contribution in [0.3, 0.4) is 0 Å². The minimum atomic E-state index is -0.465. The van der Waals surface area contributed by atoms with E-state index in [1.807, 2.05) is 27.8 Å². The molecule has 0 aromatic rings. The monoisotopic (exact) mass is 495 g/mol. The number of amides is 1. The fraction of sp³-hybridized carbons (Fsp3) is 0.895. The van der Waals surface area contributed by atoms with Gasteiger partial charge >= 0.3 is 6.09 Å². The van der Waals surface area contributed by atoms with Crippen molar-refractivity contribution in [2.45, 2.75) is 64.5 Å². The van der Waals surface area contributed by atoms with Gasteiger partial charge in [-0.3, -0.25) is 4.99 Å². The van der Waals surface area contributed by atoms with Crippen molar-refractivity contribution in [1.29, 1.82) is 0 Å². The second-order valence-corrected chi connectivity index (χ2v) is 8.31. The van der Waals surface area contributed by atoms with E-state index in [9.17, 15) is 4.79 Å². The summed E-state index contributed by atoms with van der Waals surface area (Å²) in [6.07, 6.45) is 5.94. The number of carbonyl (C=O) groups excluding carboxylic acids is 1. The Balaban J connectivity index is 0.00000364. The van der Waals surface area contributed by atoms with Crippen LogP contribution < -0.4 is 10.6 Å². The number of nitrogens with zero attached hydrogens (tertiary/aromatic N) is 3. The number of carbonyl (C=O) groups is 1. The van der Waals surface area contributed by atoms with Crippen LogP contribution in [-0.4, -0.2) is 79.8 Å². The number of likely N-dealkylation sites (tertiary alicyclic amines) is 2. The summed E-state index contributed by atoms with van der Waals surface area (Å²) in [6, 6.07) is 0.106. The molecule has 0 bridgehead atoms. The normalized spacial score (nSPS) is 22.0. The molecule has 0 saturated carbocycles. The molecule has 27 heavy (non-hydrogen) atoms. The first kappa shape index (κ1) is 24.3. The van der Waals surface area contributed by atoms with Crippen molar-refractivity contribution in [1.82, 2.24) is 20.4 Å². The Labute approximate surface area is 181 Å². The topological polar surface area (TPSA) is 69.2 Å². The number of alkyl carbamates (subject to hydrolysis) is 1. The largest absolute Gasteiger partial charge is 0.444 e. The molecular formula is C19H38IN5O2. The number of ether oxygens (including phenoxy) is 1. The first-order valence-electron chi connectivity index (χ1n) is 10.0. The van der Waals surface area contributed by atoms with E-state index in [0.29, 0.717) is 0 Å². The lowest BCUT2D eigenvalue weighted by atomic mass is 10.2. The molecule has 0 aromatic carbocycles. The summed E-state index contributed by atoms with van der Waals surface area (Å²) in [5.41, 5.74) is -0.465. The maximum atomic E-state index is 11.9. The molecule has 2 saturated heterocycles. The van der Waals surface area contributed by atoms with Crippen molar-refractivity contribution in [3.63, 3.8) is 0 Å². The number of rotatable bonds is 4. The molecule has 2 aliphatic rings. The molecule has 2 fully saturated rings. The Morgan fingerprint density at radius 1 is 1.15 bits per heavy atom. The van der Waals surface area contributed by atoms with Gasteiger partial charge in [0.1, 0.15) is 5.60 Å². The Hall–Kier alpha value is -0.770. The lowest BCUT2D eigenvalue weighted by molar-refractivity contribution is 0.0507. The first-order valence-corrected chi connectivity index (χ1v) is 10.0. The zero-order chi connectivity index (χ0) is 19.0. The molecular weight excluding hydrogens is 457 g/mol. The second kappa shape index (κ2) is 11.9. The lowest BCUT2D eigenvalue weighted by Gasteiger charge is -2.25. The van der Waals surface area contributed by atoms with Crippen LogP contribution in [0, 0.1) is 0 Å². The standard InChI is InChI=1S/C19H37N5O2.HI/c1-19(2,3)26-18(25)22-16-9-13-24(15-16)17(20-4)21-10-14-23-11-7-5-6-8-12-23;/h16H,5-15H2,1-4H3,(H,20,21)(H,22,25);1H. The van der Waals surface area contributed by atoms with Crippen molar-refractivity contribution in [2.24, 2.45) is 4.99 Å². The average Bonchev–Trinajstić information content (AvgIpc) is 2.84. The van der Waals surface area contributed by atoms with Crippen LogP contribution in [0.15, 0.2) is 4.99 Å². The van der Waals surface area contributed by atoms with E-state index in [2.05, 4.69) is 25.4 Å². The second-order valence-electron chi connectivity index (χ2n) is 8.31. The summed E-state index contributed by atoms with van der Waals surface area (Å²) in [6.45, 7) is 11.7. The number of hydrogen-bond donors (Lipinski definition) is 2. The molecule has 2 aliphatic heterocycles. The van der Waals surface area contributed by atoms with Crippen LogP contribution in [-0.2, 0) is 4.74 Å². The fourth-order valence-electron chi connectivity index (χ4n) is 3.56. The van der Waals surface area contributed by atoms with Gasteiger partial charge in [-0.1, -0.05) is 12.8 Å². The Morgan fingerprint density at radius 3 is 2.41 bits per heavy atom. The molecule has 2 N–H and O–H groups in total. The van der Waals surface area contributed by atoms with Crippen LogP contribution in [0.2, 0.25) is 0 Å². The van der Waals surface area contributed by atoms with Crippen LogP contribution in [0.1, 0.15) is 52.9 Å². The smallest absolute Gasteiger partial charge is 0.407 e. The maximum absolute atomic E-state index is 11.9. The van der Waals surface area contributed by atoms with Gasteiger partial charge in [-0.25, -0.2) is 4.79 Å². The van der Waals surface area contributed by atoms with Gasteiger partial charge < -0.3 is 25.2 Å². The highest BCUT2D eigenvalue weighted by Crippen LogP contribution is 2.12. The van der Waals surface area contributed by atoms with Crippen LogP contribution >= 0.6 is 24.0 Å². The predicted octanol–water partition coefficient (Wildman–Crippen LogP) is 2.65. The van der Waals surface area contributed by atoms with E-state index in [-0.39, 0.29) is 36.1 Å². The quantitative estimate of drug-likeness (QED) is 0.357. The first-order chi connectivity index (χ1) is 12.4. The summed E-state index contributed by atoms with van der Waals surface area (Å²) in [4.78, 5) is 21.1. The van der Waals surface area contributed by atoms with Crippen molar-refractivity contribution >= 4 is 36.0 Å². The van der Waals surface area contributed by atoms with Crippen molar-refractivity contribution in [3.8, 4) is 0 Å². The number of aliphatic imine (C=N–C) groups is 1. The lowest BCUT2D eigenvalue weighted by Crippen LogP contribution is -2.45. The Morgan fingerprint density at radius 2 is 1.81 bits per heavy atom. The summed E-state index contributed by atoms with van der Waals surface area (Å²) in [5.74, 6) is 0.924. The minimum absolute atomic E-state index is 0. The van der Waals surface area contributed by atoms with Gasteiger partial charge in [-0.05, 0) is 53.1 Å². The van der Waals surface area contributed by atoms with Crippen molar-refractivity contribution in [2.75, 3.05) is 46.3 Å². The zero-order valence-electron chi connectivity index (χ0n) is 17.4. The zero-order valence-corrected chi connectivity index (χ0v) is 19.8. The number of guanidine groups is 1. The van der Waals surface area contributed by atoms with E-state index in [1.54, 1.807) is 0 Å². The molecule has 0 aliphatic carbocycles. The molecule has 2 rings (SSSR count). The molecule has 7 nitrogen and oxygen atoms in total. The molecule has 0 aromatic heterocycles. The van der Waals surface area contributed by atoms with Gasteiger partial charge in [0.15, 0.2) is 5.96 Å². The summed E-state index contributed by atoms with van der Waals surface area (Å²) in [7, 11) is 1.82. The van der Waals surface area contributed by atoms with Gasteiger partial charge in [0.2, 0.25) is 0 Å². The predicted molar refractivity (Wildman–Crippen MR) is 121 cm³/mol. The fourth-order valence-corrected chi connectivity index (χ4v) is 3.56. The van der Waals surface area contributed by atoms with Gasteiger partial charge in [-0.15, -0.1) is 24.0 Å². The maximum Gasteiger partial charge on any atom is 0.407 e. The number of halogens is 1. The van der Waals surface area contributed by atoms with Gasteiger partial charge in [0, 0.05) is 33.2 Å². The molecule has 0 radical (unpaired) electrons. The van der Waals surface area contributed by atoms with Crippen LogP contribution in [0.25, 0.3) is 0 Å². The molecule has 0 spiro atoms. The van der Waals surface area contributed by atoms with Crippen molar-refractivity contribution in [3.05, 3.63) is 0 Å². The molecule has 158 valence electrons. The third-order valence-corrected chi connectivity index (χ3v) is 4.83. The minimum Gasteiger partial charge on any atom is -0.444 e. The average molecular weight is 495 g/mol. The molecule has 1 unspecified atom stereocenters. The molecule has 2 heterocycles. The van der Waals surface area contributed by atoms with Crippen LogP contribution in [0.4, 0.5) is 4.79 Å². The number of hydrogen-bond acceptors (Lipinski definition) is 4. The van der Waals surface area contributed by atoms with Gasteiger partial charge in [0.05, 0.1) is 6.04 Å². The van der Waals surface area contributed by atoms with Crippen molar-refractivity contribution < 1.29 is 9.53 Å². The molecule has 1 amide bonds. The van der Waals surface area contributed by atoms with E-state index < -0.39 is 5.60 Å². The third kappa shape index (κ3) is 9.32. The van der Waals surface area contributed by atoms with E-state index in [1.165, 1.54) is 38.8 Å².